The first-order valence-corrected chi connectivity index (χ1v) is 5.37. The lowest BCUT2D eigenvalue weighted by Crippen LogP contribution is -2.30. The second-order valence-electron chi connectivity index (χ2n) is 4.33. The summed E-state index contributed by atoms with van der Waals surface area (Å²) in [5, 5.41) is 0. The van der Waals surface area contributed by atoms with E-state index in [1.165, 1.54) is 31.5 Å². The lowest BCUT2D eigenvalue weighted by atomic mass is 9.91. The van der Waals surface area contributed by atoms with Gasteiger partial charge in [-0.05, 0) is 57.0 Å². The van der Waals surface area contributed by atoms with Crippen molar-refractivity contribution in [2.24, 2.45) is 0 Å². The van der Waals surface area contributed by atoms with Gasteiger partial charge in [0.25, 0.3) is 0 Å². The summed E-state index contributed by atoms with van der Waals surface area (Å²) in [5.41, 5.74) is 2.60. The van der Waals surface area contributed by atoms with Crippen LogP contribution in [0.3, 0.4) is 0 Å². The highest BCUT2D eigenvalue weighted by atomic mass is 15.1. The first-order valence-electron chi connectivity index (χ1n) is 5.37. The molecule has 1 aromatic heterocycles. The number of piperidine rings is 1. The maximum Gasteiger partial charge on any atom is 0.0375 e. The number of hydrogen-bond donors (Lipinski definition) is 0. The summed E-state index contributed by atoms with van der Waals surface area (Å²) in [6, 6.07) is 4.39. The van der Waals surface area contributed by atoms with Crippen LogP contribution in [0.1, 0.15) is 30.0 Å². The summed E-state index contributed by atoms with van der Waals surface area (Å²) < 4.78 is 0. The minimum Gasteiger partial charge on any atom is -0.306 e. The molecule has 0 saturated carbocycles. The minimum absolute atomic E-state index is 0.718. The van der Waals surface area contributed by atoms with E-state index in [9.17, 15) is 0 Å². The molecule has 1 aromatic rings. The van der Waals surface area contributed by atoms with E-state index in [4.69, 9.17) is 0 Å². The summed E-state index contributed by atoms with van der Waals surface area (Å²) in [7, 11) is 2.21. The van der Waals surface area contributed by atoms with Gasteiger partial charge in [0.1, 0.15) is 0 Å². The van der Waals surface area contributed by atoms with Gasteiger partial charge >= 0.3 is 0 Å². The molecule has 0 radical (unpaired) electrons. The van der Waals surface area contributed by atoms with Gasteiger partial charge in [-0.3, -0.25) is 4.98 Å². The molecule has 1 atom stereocenters. The Hall–Kier alpha value is -0.890. The molecular formula is C12H18N2. The topological polar surface area (TPSA) is 16.1 Å². The van der Waals surface area contributed by atoms with Crippen molar-refractivity contribution in [1.82, 2.24) is 9.88 Å². The Morgan fingerprint density at radius 3 is 3.07 bits per heavy atom. The molecule has 2 heteroatoms. The Kier molecular flexibility index (Phi) is 2.82. The van der Waals surface area contributed by atoms with Gasteiger partial charge in [0.05, 0.1) is 0 Å². The molecular weight excluding hydrogens is 172 g/mol. The van der Waals surface area contributed by atoms with Crippen LogP contribution in [0.15, 0.2) is 18.3 Å². The molecule has 1 aliphatic rings. The zero-order valence-corrected chi connectivity index (χ0v) is 9.03. The second-order valence-corrected chi connectivity index (χ2v) is 4.33. The highest BCUT2D eigenvalue weighted by Crippen LogP contribution is 2.25. The van der Waals surface area contributed by atoms with E-state index in [0.717, 1.165) is 11.6 Å². The van der Waals surface area contributed by atoms with Crippen molar-refractivity contribution in [3.8, 4) is 0 Å². The second kappa shape index (κ2) is 4.09. The highest BCUT2D eigenvalue weighted by molar-refractivity contribution is 5.20. The summed E-state index contributed by atoms with van der Waals surface area (Å²) in [6.45, 7) is 4.51. The minimum atomic E-state index is 0.718. The highest BCUT2D eigenvalue weighted by Gasteiger charge is 2.18. The molecule has 0 bridgehead atoms. The zero-order chi connectivity index (χ0) is 9.97. The summed E-state index contributed by atoms with van der Waals surface area (Å²) in [5.74, 6) is 0.718. The van der Waals surface area contributed by atoms with Gasteiger partial charge in [-0.15, -0.1) is 0 Å². The number of likely N-dealkylation sites (N-methyl/N-ethyl adjacent to an activating group) is 1. The number of aromatic nitrogens is 1. The predicted octanol–water partition coefficient (Wildman–Crippen LogP) is 2.20. The van der Waals surface area contributed by atoms with Gasteiger partial charge in [-0.1, -0.05) is 0 Å². The van der Waals surface area contributed by atoms with Crippen LogP contribution >= 0.6 is 0 Å². The van der Waals surface area contributed by atoms with Gasteiger partial charge in [0, 0.05) is 18.4 Å². The Morgan fingerprint density at radius 1 is 1.50 bits per heavy atom. The Balaban J connectivity index is 2.14. The molecule has 0 aliphatic carbocycles. The third-order valence-electron chi connectivity index (χ3n) is 3.02. The average Bonchev–Trinajstić information content (AvgIpc) is 2.18. The summed E-state index contributed by atoms with van der Waals surface area (Å²) in [6.07, 6.45) is 4.58. The summed E-state index contributed by atoms with van der Waals surface area (Å²) in [4.78, 5) is 6.66. The smallest absolute Gasteiger partial charge is 0.0375 e. The normalized spacial score (nSPS) is 23.7. The van der Waals surface area contributed by atoms with E-state index in [1.54, 1.807) is 0 Å². The maximum absolute atomic E-state index is 4.24. The summed E-state index contributed by atoms with van der Waals surface area (Å²) >= 11 is 0. The molecule has 1 saturated heterocycles. The van der Waals surface area contributed by atoms with Gasteiger partial charge < -0.3 is 4.90 Å². The third-order valence-corrected chi connectivity index (χ3v) is 3.02. The van der Waals surface area contributed by atoms with Crippen LogP contribution < -0.4 is 0 Å². The number of rotatable bonds is 1. The molecule has 1 fully saturated rings. The van der Waals surface area contributed by atoms with Crippen molar-refractivity contribution >= 4 is 0 Å². The van der Waals surface area contributed by atoms with E-state index in [1.807, 2.05) is 6.20 Å². The predicted molar refractivity (Wildman–Crippen MR) is 58.4 cm³/mol. The van der Waals surface area contributed by atoms with Gasteiger partial charge in [0.15, 0.2) is 0 Å². The molecule has 0 spiro atoms. The monoisotopic (exact) mass is 190 g/mol. The largest absolute Gasteiger partial charge is 0.306 e. The SMILES string of the molecule is Cc1cc(C2CCCN(C)C2)ccn1. The lowest BCUT2D eigenvalue weighted by Gasteiger charge is -2.29. The van der Waals surface area contributed by atoms with Crippen LogP contribution in [0.4, 0.5) is 0 Å². The molecule has 2 rings (SSSR count). The Morgan fingerprint density at radius 2 is 2.36 bits per heavy atom. The van der Waals surface area contributed by atoms with E-state index in [2.05, 4.69) is 36.0 Å². The van der Waals surface area contributed by atoms with Crippen molar-refractivity contribution in [1.29, 1.82) is 0 Å². The molecule has 1 unspecified atom stereocenters. The molecule has 0 amide bonds. The van der Waals surface area contributed by atoms with Crippen LogP contribution in [0.5, 0.6) is 0 Å². The van der Waals surface area contributed by atoms with Crippen LogP contribution in [0.25, 0.3) is 0 Å². The van der Waals surface area contributed by atoms with Crippen molar-refractivity contribution in [3.63, 3.8) is 0 Å². The quantitative estimate of drug-likeness (QED) is 0.675. The molecule has 14 heavy (non-hydrogen) atoms. The first-order chi connectivity index (χ1) is 6.75. The molecule has 1 aliphatic heterocycles. The van der Waals surface area contributed by atoms with Crippen molar-refractivity contribution in [2.75, 3.05) is 20.1 Å². The fraction of sp³-hybridized carbons (Fsp3) is 0.583. The molecule has 2 nitrogen and oxygen atoms in total. The van der Waals surface area contributed by atoms with Crippen LogP contribution in [-0.2, 0) is 0 Å². The Bertz CT molecular complexity index is 309. The van der Waals surface area contributed by atoms with Crippen LogP contribution in [0, 0.1) is 6.92 Å². The molecule has 0 N–H and O–H groups in total. The van der Waals surface area contributed by atoms with E-state index >= 15 is 0 Å². The van der Waals surface area contributed by atoms with Gasteiger partial charge in [-0.25, -0.2) is 0 Å². The maximum atomic E-state index is 4.24. The van der Waals surface area contributed by atoms with Crippen LogP contribution in [-0.4, -0.2) is 30.0 Å². The number of hydrogen-bond acceptors (Lipinski definition) is 2. The third kappa shape index (κ3) is 2.13. The van der Waals surface area contributed by atoms with E-state index in [0.29, 0.717) is 0 Å². The Labute approximate surface area is 86.0 Å². The number of likely N-dealkylation sites (tertiary alicyclic amines) is 1. The number of pyridine rings is 1. The van der Waals surface area contributed by atoms with Crippen LogP contribution in [0.2, 0.25) is 0 Å². The van der Waals surface area contributed by atoms with Gasteiger partial charge in [0.2, 0.25) is 0 Å². The van der Waals surface area contributed by atoms with Crippen molar-refractivity contribution in [3.05, 3.63) is 29.6 Å². The fourth-order valence-electron chi connectivity index (χ4n) is 2.26. The molecule has 0 aromatic carbocycles. The lowest BCUT2D eigenvalue weighted by molar-refractivity contribution is 0.250. The first kappa shape index (κ1) is 9.66. The standard InChI is InChI=1S/C12H18N2/c1-10-8-11(5-6-13-10)12-4-3-7-14(2)9-12/h5-6,8,12H,3-4,7,9H2,1-2H3. The van der Waals surface area contributed by atoms with E-state index < -0.39 is 0 Å². The van der Waals surface area contributed by atoms with Crippen molar-refractivity contribution < 1.29 is 0 Å². The van der Waals surface area contributed by atoms with Gasteiger partial charge in [-0.2, -0.15) is 0 Å². The average molecular weight is 190 g/mol. The van der Waals surface area contributed by atoms with E-state index in [-0.39, 0.29) is 0 Å². The molecule has 76 valence electrons. The van der Waals surface area contributed by atoms with Crippen molar-refractivity contribution in [2.45, 2.75) is 25.7 Å². The molecule has 2 heterocycles. The zero-order valence-electron chi connectivity index (χ0n) is 9.03. The number of aryl methyl sites for hydroxylation is 1. The number of nitrogens with zero attached hydrogens (tertiary/aromatic N) is 2. The fourth-order valence-corrected chi connectivity index (χ4v) is 2.26.